The number of rotatable bonds is 2. The third kappa shape index (κ3) is 2.37. The SMILES string of the molecule is NCC1(c2nc3ccc(Cl)cc3[nH]2)CCCCCC1. The molecule has 1 aromatic carbocycles. The minimum Gasteiger partial charge on any atom is -0.341 e. The smallest absolute Gasteiger partial charge is 0.114 e. The number of nitrogens with one attached hydrogen (secondary N) is 1. The van der Waals surface area contributed by atoms with Crippen LogP contribution in [0, 0.1) is 0 Å². The number of fused-ring (bicyclic) bond motifs is 1. The summed E-state index contributed by atoms with van der Waals surface area (Å²) in [5.74, 6) is 1.05. The Bertz CT molecular complexity index is 568. The highest BCUT2D eigenvalue weighted by molar-refractivity contribution is 6.31. The average molecular weight is 278 g/mol. The first-order valence-electron chi connectivity index (χ1n) is 7.09. The fourth-order valence-corrected chi connectivity index (χ4v) is 3.35. The summed E-state index contributed by atoms with van der Waals surface area (Å²) in [6.07, 6.45) is 7.39. The Labute approximate surface area is 118 Å². The van der Waals surface area contributed by atoms with Crippen molar-refractivity contribution in [2.45, 2.75) is 43.9 Å². The fourth-order valence-electron chi connectivity index (χ4n) is 3.18. The van der Waals surface area contributed by atoms with Crippen LogP contribution in [0.4, 0.5) is 0 Å². The third-order valence-electron chi connectivity index (χ3n) is 4.40. The van der Waals surface area contributed by atoms with E-state index in [1.54, 1.807) is 0 Å². The van der Waals surface area contributed by atoms with Gasteiger partial charge < -0.3 is 10.7 Å². The normalized spacial score (nSPS) is 19.5. The predicted octanol–water partition coefficient (Wildman–Crippen LogP) is 3.77. The third-order valence-corrected chi connectivity index (χ3v) is 4.63. The van der Waals surface area contributed by atoms with Gasteiger partial charge in [-0.05, 0) is 31.0 Å². The molecule has 0 bridgehead atoms. The van der Waals surface area contributed by atoms with E-state index in [9.17, 15) is 0 Å². The summed E-state index contributed by atoms with van der Waals surface area (Å²) < 4.78 is 0. The maximum absolute atomic E-state index is 6.11. The number of hydrogen-bond donors (Lipinski definition) is 2. The molecule has 102 valence electrons. The molecule has 1 fully saturated rings. The van der Waals surface area contributed by atoms with Gasteiger partial charge in [0.1, 0.15) is 5.82 Å². The Morgan fingerprint density at radius 2 is 1.95 bits per heavy atom. The summed E-state index contributed by atoms with van der Waals surface area (Å²) in [5.41, 5.74) is 8.13. The fraction of sp³-hybridized carbons (Fsp3) is 0.533. The van der Waals surface area contributed by atoms with Gasteiger partial charge in [-0.2, -0.15) is 0 Å². The second-order valence-corrected chi connectivity index (χ2v) is 6.08. The number of hydrogen-bond acceptors (Lipinski definition) is 2. The first-order chi connectivity index (χ1) is 9.23. The van der Waals surface area contributed by atoms with Crippen LogP contribution in [-0.4, -0.2) is 16.5 Å². The van der Waals surface area contributed by atoms with Gasteiger partial charge in [0.25, 0.3) is 0 Å². The van der Waals surface area contributed by atoms with Crippen molar-refractivity contribution < 1.29 is 0 Å². The van der Waals surface area contributed by atoms with Crippen LogP contribution < -0.4 is 5.73 Å². The molecule has 0 aliphatic heterocycles. The van der Waals surface area contributed by atoms with E-state index in [0.29, 0.717) is 6.54 Å². The minimum atomic E-state index is 0.0298. The molecule has 3 nitrogen and oxygen atoms in total. The van der Waals surface area contributed by atoms with E-state index in [0.717, 1.165) is 34.7 Å². The zero-order valence-electron chi connectivity index (χ0n) is 11.1. The van der Waals surface area contributed by atoms with E-state index in [2.05, 4.69) is 4.98 Å². The number of aromatic nitrogens is 2. The van der Waals surface area contributed by atoms with Crippen LogP contribution in [0.25, 0.3) is 11.0 Å². The number of nitrogens with two attached hydrogens (primary N) is 1. The van der Waals surface area contributed by atoms with E-state index in [1.807, 2.05) is 18.2 Å². The van der Waals surface area contributed by atoms with E-state index < -0.39 is 0 Å². The number of H-pyrrole nitrogens is 1. The van der Waals surface area contributed by atoms with Gasteiger partial charge in [-0.3, -0.25) is 0 Å². The molecule has 1 aliphatic carbocycles. The molecule has 3 N–H and O–H groups in total. The predicted molar refractivity (Wildman–Crippen MR) is 79.5 cm³/mol. The van der Waals surface area contributed by atoms with Crippen molar-refractivity contribution in [3.63, 3.8) is 0 Å². The van der Waals surface area contributed by atoms with Gasteiger partial charge in [0, 0.05) is 17.0 Å². The van der Waals surface area contributed by atoms with Gasteiger partial charge in [0.15, 0.2) is 0 Å². The van der Waals surface area contributed by atoms with Crippen LogP contribution in [0.1, 0.15) is 44.3 Å². The summed E-state index contributed by atoms with van der Waals surface area (Å²) in [7, 11) is 0. The number of aromatic amines is 1. The van der Waals surface area contributed by atoms with Crippen LogP contribution >= 0.6 is 11.6 Å². The summed E-state index contributed by atoms with van der Waals surface area (Å²) in [6, 6.07) is 5.80. The van der Waals surface area contributed by atoms with Crippen molar-refractivity contribution >= 4 is 22.6 Å². The lowest BCUT2D eigenvalue weighted by Crippen LogP contribution is -2.35. The van der Waals surface area contributed by atoms with Crippen LogP contribution in [0.5, 0.6) is 0 Å². The lowest BCUT2D eigenvalue weighted by atomic mass is 9.79. The molecule has 1 saturated carbocycles. The van der Waals surface area contributed by atoms with Crippen LogP contribution in [0.3, 0.4) is 0 Å². The highest BCUT2D eigenvalue weighted by Crippen LogP contribution is 2.37. The molecule has 1 aromatic heterocycles. The number of nitrogens with zero attached hydrogens (tertiary/aromatic N) is 1. The summed E-state index contributed by atoms with van der Waals surface area (Å²) in [5, 5.41) is 0.741. The summed E-state index contributed by atoms with van der Waals surface area (Å²) >= 11 is 6.04. The average Bonchev–Trinajstić information content (AvgIpc) is 2.69. The Kier molecular flexibility index (Phi) is 3.50. The van der Waals surface area contributed by atoms with Gasteiger partial charge in [-0.25, -0.2) is 4.98 Å². The van der Waals surface area contributed by atoms with Crippen molar-refractivity contribution in [1.82, 2.24) is 9.97 Å². The lowest BCUT2D eigenvalue weighted by molar-refractivity contribution is 0.363. The second kappa shape index (κ2) is 5.14. The van der Waals surface area contributed by atoms with Crippen LogP contribution in [0.2, 0.25) is 5.02 Å². The van der Waals surface area contributed by atoms with Crippen LogP contribution in [-0.2, 0) is 5.41 Å². The Morgan fingerprint density at radius 1 is 1.21 bits per heavy atom. The van der Waals surface area contributed by atoms with E-state index in [1.165, 1.54) is 25.7 Å². The molecule has 2 aromatic rings. The maximum Gasteiger partial charge on any atom is 0.114 e. The maximum atomic E-state index is 6.11. The zero-order valence-corrected chi connectivity index (χ0v) is 11.8. The number of halogens is 1. The van der Waals surface area contributed by atoms with Gasteiger partial charge >= 0.3 is 0 Å². The topological polar surface area (TPSA) is 54.7 Å². The molecule has 0 amide bonds. The van der Waals surface area contributed by atoms with Gasteiger partial charge in [0.05, 0.1) is 11.0 Å². The van der Waals surface area contributed by atoms with Gasteiger partial charge in [-0.15, -0.1) is 0 Å². The quantitative estimate of drug-likeness (QED) is 0.821. The molecule has 0 saturated heterocycles. The molecule has 4 heteroatoms. The Morgan fingerprint density at radius 3 is 2.63 bits per heavy atom. The van der Waals surface area contributed by atoms with Crippen molar-refractivity contribution in [2.24, 2.45) is 5.73 Å². The second-order valence-electron chi connectivity index (χ2n) is 5.65. The molecule has 1 heterocycles. The van der Waals surface area contributed by atoms with Gasteiger partial charge in [-0.1, -0.05) is 37.3 Å². The van der Waals surface area contributed by atoms with Crippen molar-refractivity contribution in [1.29, 1.82) is 0 Å². The molecule has 3 rings (SSSR count). The first kappa shape index (κ1) is 12.9. The molecule has 0 radical (unpaired) electrons. The number of imidazole rings is 1. The van der Waals surface area contributed by atoms with E-state index >= 15 is 0 Å². The molecular weight excluding hydrogens is 258 g/mol. The van der Waals surface area contributed by atoms with Crippen molar-refractivity contribution in [3.8, 4) is 0 Å². The number of benzene rings is 1. The standard InChI is InChI=1S/C15H20ClN3/c16-11-5-6-12-13(9-11)19-14(18-12)15(10-17)7-3-1-2-4-8-15/h5-6,9H,1-4,7-8,10,17H2,(H,18,19). The monoisotopic (exact) mass is 277 g/mol. The zero-order chi connectivity index (χ0) is 13.3. The first-order valence-corrected chi connectivity index (χ1v) is 7.47. The largest absolute Gasteiger partial charge is 0.341 e. The van der Waals surface area contributed by atoms with Crippen molar-refractivity contribution in [3.05, 3.63) is 29.0 Å². The van der Waals surface area contributed by atoms with Gasteiger partial charge in [0.2, 0.25) is 0 Å². The molecule has 1 aliphatic rings. The lowest BCUT2D eigenvalue weighted by Gasteiger charge is -2.29. The van der Waals surface area contributed by atoms with E-state index in [-0.39, 0.29) is 5.41 Å². The molecular formula is C15H20ClN3. The molecule has 0 spiro atoms. The Hall–Kier alpha value is -1.06. The minimum absolute atomic E-state index is 0.0298. The molecule has 0 unspecified atom stereocenters. The van der Waals surface area contributed by atoms with E-state index in [4.69, 9.17) is 22.3 Å². The van der Waals surface area contributed by atoms with Crippen molar-refractivity contribution in [2.75, 3.05) is 6.54 Å². The highest BCUT2D eigenvalue weighted by Gasteiger charge is 2.34. The Balaban J connectivity index is 2.04. The summed E-state index contributed by atoms with van der Waals surface area (Å²) in [4.78, 5) is 8.22. The summed E-state index contributed by atoms with van der Waals surface area (Å²) in [6.45, 7) is 0.667. The van der Waals surface area contributed by atoms with Crippen LogP contribution in [0.15, 0.2) is 18.2 Å². The molecule has 19 heavy (non-hydrogen) atoms. The molecule has 0 atom stereocenters. The highest BCUT2D eigenvalue weighted by atomic mass is 35.5.